The Morgan fingerprint density at radius 1 is 1.26 bits per heavy atom. The van der Waals surface area contributed by atoms with Gasteiger partial charge in [0, 0.05) is 13.1 Å². The highest BCUT2D eigenvalue weighted by molar-refractivity contribution is 5.97. The van der Waals surface area contributed by atoms with Gasteiger partial charge in [-0.25, -0.2) is 4.98 Å². The third-order valence-electron chi connectivity index (χ3n) is 3.97. The summed E-state index contributed by atoms with van der Waals surface area (Å²) in [7, 11) is 0. The van der Waals surface area contributed by atoms with E-state index in [-0.39, 0.29) is 30.4 Å². The van der Waals surface area contributed by atoms with Crippen molar-refractivity contribution in [3.8, 4) is 11.8 Å². The number of carbonyl (C=O) groups excluding carboxylic acids is 1. The molecule has 2 heterocycles. The number of halogens is 3. The molecule has 1 aliphatic rings. The number of amides is 1. The molecule has 1 amide bonds. The first-order chi connectivity index (χ1) is 12.9. The Labute approximate surface area is 153 Å². The monoisotopic (exact) mass is 376 g/mol. The van der Waals surface area contributed by atoms with Gasteiger partial charge in [-0.1, -0.05) is 12.1 Å². The van der Waals surface area contributed by atoms with E-state index in [9.17, 15) is 18.0 Å². The van der Waals surface area contributed by atoms with Gasteiger partial charge in [-0.2, -0.15) is 18.4 Å². The number of para-hydroxylation sites is 2. The minimum absolute atomic E-state index is 0.0239. The van der Waals surface area contributed by atoms with Crippen LogP contribution in [0, 0.1) is 11.3 Å². The first-order valence-corrected chi connectivity index (χ1v) is 8.14. The molecular weight excluding hydrogens is 361 g/mol. The Morgan fingerprint density at radius 3 is 2.78 bits per heavy atom. The highest BCUT2D eigenvalue weighted by Gasteiger charge is 2.33. The van der Waals surface area contributed by atoms with Crippen LogP contribution in [0.4, 0.5) is 24.7 Å². The molecule has 1 aromatic carbocycles. The number of nitriles is 1. The number of rotatable bonds is 5. The van der Waals surface area contributed by atoms with Crippen molar-refractivity contribution in [3.63, 3.8) is 0 Å². The molecule has 0 radical (unpaired) electrons. The average molecular weight is 376 g/mol. The Kier molecular flexibility index (Phi) is 5.16. The van der Waals surface area contributed by atoms with Gasteiger partial charge >= 0.3 is 6.18 Å². The van der Waals surface area contributed by atoms with Crippen LogP contribution in [0.1, 0.15) is 17.7 Å². The summed E-state index contributed by atoms with van der Waals surface area (Å²) in [6.07, 6.45) is -4.14. The van der Waals surface area contributed by atoms with Gasteiger partial charge in [0.05, 0.1) is 11.3 Å². The molecule has 0 atom stereocenters. The van der Waals surface area contributed by atoms with Gasteiger partial charge in [0.15, 0.2) is 6.61 Å². The number of nitrogens with zero attached hydrogens (tertiary/aromatic N) is 3. The molecule has 0 fully saturated rings. The van der Waals surface area contributed by atoms with E-state index in [2.05, 4.69) is 10.3 Å². The number of aromatic nitrogens is 1. The molecule has 140 valence electrons. The van der Waals surface area contributed by atoms with Gasteiger partial charge in [-0.15, -0.1) is 0 Å². The molecular formula is C18H15F3N4O2. The number of hydrogen-bond donors (Lipinski definition) is 1. The van der Waals surface area contributed by atoms with Crippen molar-refractivity contribution >= 4 is 17.4 Å². The van der Waals surface area contributed by atoms with E-state index < -0.39 is 11.9 Å². The molecule has 0 spiro atoms. The number of anilines is 2. The van der Waals surface area contributed by atoms with Crippen molar-refractivity contribution in [2.45, 2.75) is 12.6 Å². The van der Waals surface area contributed by atoms with E-state index in [1.807, 2.05) is 6.07 Å². The van der Waals surface area contributed by atoms with Gasteiger partial charge < -0.3 is 15.0 Å². The van der Waals surface area contributed by atoms with E-state index >= 15 is 0 Å². The Balaban J connectivity index is 1.64. The van der Waals surface area contributed by atoms with Crippen LogP contribution in [-0.2, 0) is 11.0 Å². The highest BCUT2D eigenvalue weighted by atomic mass is 19.4. The van der Waals surface area contributed by atoms with Gasteiger partial charge in [0.2, 0.25) is 0 Å². The van der Waals surface area contributed by atoms with Gasteiger partial charge in [-0.3, -0.25) is 4.79 Å². The lowest BCUT2D eigenvalue weighted by atomic mass is 10.2. The highest BCUT2D eigenvalue weighted by Crippen LogP contribution is 2.32. The minimum Gasteiger partial charge on any atom is -0.482 e. The molecule has 2 aromatic rings. The summed E-state index contributed by atoms with van der Waals surface area (Å²) < 4.78 is 43.7. The predicted octanol–water partition coefficient (Wildman–Crippen LogP) is 3.20. The number of ether oxygens (including phenoxy) is 1. The van der Waals surface area contributed by atoms with E-state index in [1.165, 1.54) is 0 Å². The SMILES string of the molecule is N#Cc1ccc(C(F)(F)F)nc1NCCCN1C(=O)COc2ccccc21. The molecule has 6 nitrogen and oxygen atoms in total. The van der Waals surface area contributed by atoms with Crippen LogP contribution < -0.4 is 15.0 Å². The number of hydrogen-bond acceptors (Lipinski definition) is 5. The molecule has 0 saturated heterocycles. The Bertz CT molecular complexity index is 893. The third kappa shape index (κ3) is 4.11. The van der Waals surface area contributed by atoms with Crippen LogP contribution in [0.2, 0.25) is 0 Å². The second kappa shape index (κ2) is 7.53. The van der Waals surface area contributed by atoms with Crippen LogP contribution in [0.25, 0.3) is 0 Å². The normalized spacial score (nSPS) is 13.6. The Hall–Kier alpha value is -3.28. The third-order valence-corrected chi connectivity index (χ3v) is 3.97. The molecule has 1 aromatic heterocycles. The van der Waals surface area contributed by atoms with Crippen molar-refractivity contribution in [3.05, 3.63) is 47.7 Å². The molecule has 1 N–H and O–H groups in total. The molecule has 0 aliphatic carbocycles. The minimum atomic E-state index is -4.59. The van der Waals surface area contributed by atoms with Crippen molar-refractivity contribution in [2.24, 2.45) is 0 Å². The molecule has 0 saturated carbocycles. The summed E-state index contributed by atoms with van der Waals surface area (Å²) in [5.41, 5.74) is -0.388. The number of carbonyl (C=O) groups is 1. The summed E-state index contributed by atoms with van der Waals surface area (Å²) in [4.78, 5) is 17.1. The van der Waals surface area contributed by atoms with E-state index in [4.69, 9.17) is 10.00 Å². The second-order valence-electron chi connectivity index (χ2n) is 5.78. The summed E-state index contributed by atoms with van der Waals surface area (Å²) in [5.74, 6) is 0.293. The van der Waals surface area contributed by atoms with Crippen molar-refractivity contribution in [2.75, 3.05) is 29.9 Å². The largest absolute Gasteiger partial charge is 0.482 e. The zero-order valence-corrected chi connectivity index (χ0v) is 14.1. The Morgan fingerprint density at radius 2 is 2.04 bits per heavy atom. The van der Waals surface area contributed by atoms with Crippen molar-refractivity contribution in [1.82, 2.24) is 4.98 Å². The maximum atomic E-state index is 12.8. The van der Waals surface area contributed by atoms with Crippen molar-refractivity contribution < 1.29 is 22.7 Å². The number of alkyl halides is 3. The fourth-order valence-electron chi connectivity index (χ4n) is 2.69. The predicted molar refractivity (Wildman–Crippen MR) is 91.4 cm³/mol. The van der Waals surface area contributed by atoms with Gasteiger partial charge in [-0.05, 0) is 30.7 Å². The van der Waals surface area contributed by atoms with Crippen molar-refractivity contribution in [1.29, 1.82) is 5.26 Å². The zero-order chi connectivity index (χ0) is 19.4. The summed E-state index contributed by atoms with van der Waals surface area (Å²) in [5, 5.41) is 11.8. The quantitative estimate of drug-likeness (QED) is 0.811. The van der Waals surface area contributed by atoms with Gasteiger partial charge in [0.1, 0.15) is 23.3 Å². The molecule has 1 aliphatic heterocycles. The standard InChI is InChI=1S/C18H15F3N4O2/c19-18(20,21)15-7-6-12(10-22)17(24-15)23-8-3-9-25-13-4-1-2-5-14(13)27-11-16(25)26/h1-2,4-7H,3,8-9,11H2,(H,23,24). The molecule has 0 bridgehead atoms. The molecule has 3 rings (SSSR count). The number of nitrogens with one attached hydrogen (secondary N) is 1. The number of benzene rings is 1. The maximum Gasteiger partial charge on any atom is 0.433 e. The fraction of sp³-hybridized carbons (Fsp3) is 0.278. The summed E-state index contributed by atoms with van der Waals surface area (Å²) in [6.45, 7) is 0.543. The van der Waals surface area contributed by atoms with E-state index in [1.54, 1.807) is 29.2 Å². The number of fused-ring (bicyclic) bond motifs is 1. The lowest BCUT2D eigenvalue weighted by Gasteiger charge is -2.29. The second-order valence-corrected chi connectivity index (χ2v) is 5.78. The van der Waals surface area contributed by atoms with Crippen LogP contribution in [0.15, 0.2) is 36.4 Å². The molecule has 27 heavy (non-hydrogen) atoms. The van der Waals surface area contributed by atoms with Crippen LogP contribution in [-0.4, -0.2) is 30.6 Å². The van der Waals surface area contributed by atoms with Crippen LogP contribution in [0.5, 0.6) is 5.75 Å². The van der Waals surface area contributed by atoms with Gasteiger partial charge in [0.25, 0.3) is 5.91 Å². The van der Waals surface area contributed by atoms with Crippen LogP contribution >= 0.6 is 0 Å². The maximum absolute atomic E-state index is 12.8. The lowest BCUT2D eigenvalue weighted by molar-refractivity contribution is -0.141. The average Bonchev–Trinajstić information content (AvgIpc) is 2.65. The first-order valence-electron chi connectivity index (χ1n) is 8.14. The zero-order valence-electron chi connectivity index (χ0n) is 14.1. The van der Waals surface area contributed by atoms with Crippen LogP contribution in [0.3, 0.4) is 0 Å². The fourth-order valence-corrected chi connectivity index (χ4v) is 2.69. The molecule has 0 unspecified atom stereocenters. The lowest BCUT2D eigenvalue weighted by Crippen LogP contribution is -2.39. The summed E-state index contributed by atoms with van der Waals surface area (Å²) in [6, 6.07) is 10.8. The first kappa shape index (κ1) is 18.5. The number of pyridine rings is 1. The molecule has 9 heteroatoms. The topological polar surface area (TPSA) is 78.3 Å². The smallest absolute Gasteiger partial charge is 0.433 e. The summed E-state index contributed by atoms with van der Waals surface area (Å²) >= 11 is 0. The van der Waals surface area contributed by atoms with E-state index in [0.717, 1.165) is 12.1 Å². The van der Waals surface area contributed by atoms with E-state index in [0.29, 0.717) is 24.4 Å².